The minimum Gasteiger partial charge on any atom is -0.478 e. The van der Waals surface area contributed by atoms with E-state index in [2.05, 4.69) is 4.98 Å². The number of nitrogens with zero attached hydrogens (tertiary/aromatic N) is 1. The number of hydrogen-bond donors (Lipinski definition) is 1. The van der Waals surface area contributed by atoms with E-state index in [0.29, 0.717) is 17.1 Å². The maximum atomic E-state index is 10.8. The summed E-state index contributed by atoms with van der Waals surface area (Å²) >= 11 is 0. The molecule has 1 N–H and O–H groups in total. The Morgan fingerprint density at radius 2 is 1.88 bits per heavy atom. The Kier molecular flexibility index (Phi) is 3.05. The van der Waals surface area contributed by atoms with E-state index in [0.717, 1.165) is 0 Å². The summed E-state index contributed by atoms with van der Waals surface area (Å²) in [5.41, 5.74) is 0.955. The molecular weight excluding hydrogens is 218 g/mol. The fourth-order valence-corrected chi connectivity index (χ4v) is 1.48. The van der Waals surface area contributed by atoms with Crippen molar-refractivity contribution in [3.8, 4) is 11.5 Å². The third-order valence-corrected chi connectivity index (χ3v) is 2.31. The van der Waals surface area contributed by atoms with Gasteiger partial charge in [-0.25, -0.2) is 4.79 Å². The number of carbonyl (C=O) groups is 1. The van der Waals surface area contributed by atoms with E-state index in [9.17, 15) is 4.79 Å². The van der Waals surface area contributed by atoms with Crippen LogP contribution in [0.3, 0.4) is 0 Å². The predicted molar refractivity (Wildman–Crippen MR) is 62.4 cm³/mol. The number of aromatic nitrogens is 1. The highest BCUT2D eigenvalue weighted by Crippen LogP contribution is 2.23. The lowest BCUT2D eigenvalue weighted by Crippen LogP contribution is -1.99. The molecule has 2 aromatic rings. The molecule has 1 aromatic carbocycles. The fraction of sp³-hybridized carbons (Fsp3) is 0.0769. The number of aryl methyl sites for hydroxylation is 1. The van der Waals surface area contributed by atoms with Gasteiger partial charge >= 0.3 is 5.97 Å². The quantitative estimate of drug-likeness (QED) is 0.879. The molecule has 0 aliphatic heterocycles. The standard InChI is InChI=1S/C13H11NO3/c1-9-8-11(2-3-12(9)13(15)16)17-10-4-6-14-7-5-10/h2-8H,1H3,(H,15,16). The highest BCUT2D eigenvalue weighted by molar-refractivity contribution is 5.89. The number of benzene rings is 1. The van der Waals surface area contributed by atoms with Crippen LogP contribution in [0, 0.1) is 6.92 Å². The summed E-state index contributed by atoms with van der Waals surface area (Å²) in [6.45, 7) is 1.74. The number of pyridine rings is 1. The van der Waals surface area contributed by atoms with Crippen LogP contribution < -0.4 is 4.74 Å². The zero-order valence-corrected chi connectivity index (χ0v) is 9.25. The molecule has 4 heteroatoms. The minimum absolute atomic E-state index is 0.284. The number of carboxylic acids is 1. The SMILES string of the molecule is Cc1cc(Oc2ccncc2)ccc1C(=O)O. The molecule has 0 unspecified atom stereocenters. The average Bonchev–Trinajstić information content (AvgIpc) is 2.30. The summed E-state index contributed by atoms with van der Waals surface area (Å²) in [5, 5.41) is 8.90. The van der Waals surface area contributed by atoms with E-state index in [1.807, 2.05) is 0 Å². The fourth-order valence-electron chi connectivity index (χ4n) is 1.48. The zero-order valence-electron chi connectivity index (χ0n) is 9.25. The molecule has 4 nitrogen and oxygen atoms in total. The van der Waals surface area contributed by atoms with Crippen molar-refractivity contribution in [1.29, 1.82) is 0 Å². The van der Waals surface area contributed by atoms with E-state index >= 15 is 0 Å². The molecule has 0 aliphatic carbocycles. The number of aromatic carboxylic acids is 1. The van der Waals surface area contributed by atoms with Crippen LogP contribution in [0.15, 0.2) is 42.7 Å². The van der Waals surface area contributed by atoms with Crippen molar-refractivity contribution in [3.63, 3.8) is 0 Å². The molecule has 0 aliphatic rings. The highest BCUT2D eigenvalue weighted by atomic mass is 16.5. The van der Waals surface area contributed by atoms with E-state index in [1.165, 1.54) is 6.07 Å². The molecule has 17 heavy (non-hydrogen) atoms. The lowest BCUT2D eigenvalue weighted by Gasteiger charge is -2.07. The van der Waals surface area contributed by atoms with Crippen LogP contribution >= 0.6 is 0 Å². The van der Waals surface area contributed by atoms with Gasteiger partial charge in [0, 0.05) is 12.4 Å². The molecule has 1 heterocycles. The largest absolute Gasteiger partial charge is 0.478 e. The number of ether oxygens (including phenoxy) is 1. The van der Waals surface area contributed by atoms with Crippen LogP contribution in [-0.2, 0) is 0 Å². The number of hydrogen-bond acceptors (Lipinski definition) is 3. The Morgan fingerprint density at radius 1 is 1.18 bits per heavy atom. The number of rotatable bonds is 3. The van der Waals surface area contributed by atoms with Crippen molar-refractivity contribution in [3.05, 3.63) is 53.9 Å². The van der Waals surface area contributed by atoms with Gasteiger partial charge < -0.3 is 9.84 Å². The zero-order chi connectivity index (χ0) is 12.3. The van der Waals surface area contributed by atoms with Gasteiger partial charge in [-0.3, -0.25) is 4.98 Å². The molecule has 0 saturated carbocycles. The van der Waals surface area contributed by atoms with Crippen molar-refractivity contribution in [2.24, 2.45) is 0 Å². The topological polar surface area (TPSA) is 59.4 Å². The van der Waals surface area contributed by atoms with Crippen LogP contribution in [0.1, 0.15) is 15.9 Å². The predicted octanol–water partition coefficient (Wildman–Crippen LogP) is 2.88. The molecule has 0 spiro atoms. The van der Waals surface area contributed by atoms with Crippen LogP contribution in [0.2, 0.25) is 0 Å². The lowest BCUT2D eigenvalue weighted by molar-refractivity contribution is 0.0696. The van der Waals surface area contributed by atoms with E-state index in [4.69, 9.17) is 9.84 Å². The summed E-state index contributed by atoms with van der Waals surface area (Å²) < 4.78 is 5.56. The van der Waals surface area contributed by atoms with Gasteiger partial charge in [0.15, 0.2) is 0 Å². The summed E-state index contributed by atoms with van der Waals surface area (Å²) in [6.07, 6.45) is 3.27. The van der Waals surface area contributed by atoms with Crippen LogP contribution in [0.25, 0.3) is 0 Å². The summed E-state index contributed by atoms with van der Waals surface area (Å²) in [5.74, 6) is 0.346. The van der Waals surface area contributed by atoms with E-state index in [-0.39, 0.29) is 5.56 Å². The second-order valence-corrected chi connectivity index (χ2v) is 3.57. The molecule has 86 valence electrons. The number of carboxylic acid groups (broad SMARTS) is 1. The molecular formula is C13H11NO3. The van der Waals surface area contributed by atoms with Crippen LogP contribution in [-0.4, -0.2) is 16.1 Å². The van der Waals surface area contributed by atoms with Crippen LogP contribution in [0.5, 0.6) is 11.5 Å². The minimum atomic E-state index is -0.932. The average molecular weight is 229 g/mol. The summed E-state index contributed by atoms with van der Waals surface area (Å²) in [7, 11) is 0. The first-order valence-corrected chi connectivity index (χ1v) is 5.08. The van der Waals surface area contributed by atoms with Crippen molar-refractivity contribution in [2.75, 3.05) is 0 Å². The molecule has 2 rings (SSSR count). The summed E-state index contributed by atoms with van der Waals surface area (Å²) in [4.78, 5) is 14.7. The molecule has 1 aromatic heterocycles. The van der Waals surface area contributed by atoms with Gasteiger partial charge in [-0.15, -0.1) is 0 Å². The Hall–Kier alpha value is -2.36. The molecule has 0 bridgehead atoms. The van der Waals surface area contributed by atoms with E-state index < -0.39 is 5.97 Å². The molecule has 0 saturated heterocycles. The van der Waals surface area contributed by atoms with Crippen molar-refractivity contribution in [1.82, 2.24) is 4.98 Å². The maximum absolute atomic E-state index is 10.8. The molecule has 0 fully saturated rings. The molecule has 0 atom stereocenters. The van der Waals surface area contributed by atoms with Gasteiger partial charge in [-0.1, -0.05) is 0 Å². The smallest absolute Gasteiger partial charge is 0.335 e. The van der Waals surface area contributed by atoms with Crippen molar-refractivity contribution in [2.45, 2.75) is 6.92 Å². The Bertz CT molecular complexity index is 538. The normalized spacial score (nSPS) is 9.94. The first-order valence-electron chi connectivity index (χ1n) is 5.08. The van der Waals surface area contributed by atoms with E-state index in [1.54, 1.807) is 43.6 Å². The molecule has 0 radical (unpaired) electrons. The van der Waals surface area contributed by atoms with Gasteiger partial charge in [0.1, 0.15) is 11.5 Å². The Labute approximate surface area is 98.5 Å². The Morgan fingerprint density at radius 3 is 2.47 bits per heavy atom. The molecule has 0 amide bonds. The van der Waals surface area contributed by atoms with Gasteiger partial charge in [-0.2, -0.15) is 0 Å². The van der Waals surface area contributed by atoms with Crippen molar-refractivity contribution >= 4 is 5.97 Å². The van der Waals surface area contributed by atoms with Crippen molar-refractivity contribution < 1.29 is 14.6 Å². The lowest BCUT2D eigenvalue weighted by atomic mass is 10.1. The van der Waals surface area contributed by atoms with Gasteiger partial charge in [0.2, 0.25) is 0 Å². The first kappa shape index (κ1) is 11.1. The van der Waals surface area contributed by atoms with Gasteiger partial charge in [0.25, 0.3) is 0 Å². The second kappa shape index (κ2) is 4.65. The van der Waals surface area contributed by atoms with Gasteiger partial charge in [0.05, 0.1) is 5.56 Å². The third kappa shape index (κ3) is 2.60. The third-order valence-electron chi connectivity index (χ3n) is 2.31. The van der Waals surface area contributed by atoms with Gasteiger partial charge in [-0.05, 0) is 42.8 Å². The Balaban J connectivity index is 2.24. The highest BCUT2D eigenvalue weighted by Gasteiger charge is 2.07. The van der Waals surface area contributed by atoms with Crippen LogP contribution in [0.4, 0.5) is 0 Å². The second-order valence-electron chi connectivity index (χ2n) is 3.57. The monoisotopic (exact) mass is 229 g/mol. The summed E-state index contributed by atoms with van der Waals surface area (Å²) in [6, 6.07) is 8.34. The maximum Gasteiger partial charge on any atom is 0.335 e. The first-order chi connectivity index (χ1) is 8.16.